The number of benzene rings is 1. The van der Waals surface area contributed by atoms with Gasteiger partial charge in [0.2, 0.25) is 0 Å². The van der Waals surface area contributed by atoms with Crippen molar-refractivity contribution in [1.29, 1.82) is 0 Å². The molecule has 154 valence electrons. The molecule has 0 spiro atoms. The van der Waals surface area contributed by atoms with E-state index in [-0.39, 0.29) is 0 Å². The molecule has 7 heteroatoms. The van der Waals surface area contributed by atoms with Crippen molar-refractivity contribution in [2.24, 2.45) is 4.99 Å². The van der Waals surface area contributed by atoms with Gasteiger partial charge in [0.25, 0.3) is 0 Å². The summed E-state index contributed by atoms with van der Waals surface area (Å²) in [5, 5.41) is 12.5. The highest BCUT2D eigenvalue weighted by Crippen LogP contribution is 2.44. The summed E-state index contributed by atoms with van der Waals surface area (Å²) < 4.78 is 0.991. The minimum Gasteiger partial charge on any atom is -0.477 e. The van der Waals surface area contributed by atoms with E-state index in [0.717, 1.165) is 45.3 Å². The average molecular weight is 455 g/mol. The van der Waals surface area contributed by atoms with Crippen LogP contribution in [0.5, 0.6) is 0 Å². The number of carboxylic acids is 1. The summed E-state index contributed by atoms with van der Waals surface area (Å²) in [6.45, 7) is 1.87. The molecule has 1 aliphatic rings. The number of thioether (sulfide) groups is 1. The quantitative estimate of drug-likeness (QED) is 0.397. The number of nitrogens with zero attached hydrogens (tertiary/aromatic N) is 2. The van der Waals surface area contributed by atoms with Crippen LogP contribution in [0.1, 0.15) is 38.6 Å². The van der Waals surface area contributed by atoms with Crippen LogP contribution in [0.15, 0.2) is 57.1 Å². The highest BCUT2D eigenvalue weighted by molar-refractivity contribution is 8.00. The van der Waals surface area contributed by atoms with Gasteiger partial charge < -0.3 is 5.11 Å². The Morgan fingerprint density at radius 3 is 2.73 bits per heavy atom. The highest BCUT2D eigenvalue weighted by atomic mass is 32.2. The number of thiazole rings is 1. The maximum absolute atomic E-state index is 11.6. The SMILES string of the molecule is CSc1sc(C(=O)O)c(C)c1-c1csc(C2(CCCc3ccccc3)C=CC=N2)n1. The Labute approximate surface area is 188 Å². The maximum atomic E-state index is 11.6. The minimum atomic E-state index is -0.879. The molecule has 30 heavy (non-hydrogen) atoms. The van der Waals surface area contributed by atoms with Crippen molar-refractivity contribution < 1.29 is 9.90 Å². The summed E-state index contributed by atoms with van der Waals surface area (Å²) in [6, 6.07) is 10.5. The maximum Gasteiger partial charge on any atom is 0.346 e. The van der Waals surface area contributed by atoms with E-state index in [2.05, 4.69) is 30.3 Å². The first-order valence-corrected chi connectivity index (χ1v) is 12.6. The van der Waals surface area contributed by atoms with Gasteiger partial charge in [0.1, 0.15) is 15.4 Å². The van der Waals surface area contributed by atoms with Crippen LogP contribution in [0.4, 0.5) is 0 Å². The Morgan fingerprint density at radius 2 is 2.07 bits per heavy atom. The van der Waals surface area contributed by atoms with Crippen molar-refractivity contribution >= 4 is 46.6 Å². The van der Waals surface area contributed by atoms with Crippen LogP contribution < -0.4 is 0 Å². The molecule has 1 N–H and O–H groups in total. The third kappa shape index (κ3) is 4.02. The molecule has 1 unspecified atom stereocenters. The van der Waals surface area contributed by atoms with Gasteiger partial charge in [-0.2, -0.15) is 0 Å². The van der Waals surface area contributed by atoms with E-state index in [1.165, 1.54) is 16.9 Å². The second kappa shape index (κ2) is 8.88. The molecule has 2 aromatic heterocycles. The number of carboxylic acid groups (broad SMARTS) is 1. The first-order chi connectivity index (χ1) is 14.5. The summed E-state index contributed by atoms with van der Waals surface area (Å²) in [5.74, 6) is -0.879. The molecule has 4 rings (SSSR count). The van der Waals surface area contributed by atoms with Crippen LogP contribution in [-0.4, -0.2) is 28.5 Å². The second-order valence-corrected chi connectivity index (χ2v) is 10.1. The topological polar surface area (TPSA) is 62.5 Å². The zero-order chi connectivity index (χ0) is 21.1. The van der Waals surface area contributed by atoms with Gasteiger partial charge in [-0.1, -0.05) is 30.3 Å². The van der Waals surface area contributed by atoms with Crippen molar-refractivity contribution in [3.8, 4) is 11.3 Å². The molecule has 1 atom stereocenters. The van der Waals surface area contributed by atoms with Crippen LogP contribution in [0.2, 0.25) is 0 Å². The van der Waals surface area contributed by atoms with E-state index in [1.54, 1.807) is 23.1 Å². The van der Waals surface area contributed by atoms with Gasteiger partial charge in [-0.25, -0.2) is 9.78 Å². The fraction of sp³-hybridized carbons (Fsp3) is 0.261. The predicted octanol–water partition coefficient (Wildman–Crippen LogP) is 6.46. The van der Waals surface area contributed by atoms with Gasteiger partial charge in [-0.15, -0.1) is 34.4 Å². The number of aromatic carboxylic acids is 1. The fourth-order valence-electron chi connectivity index (χ4n) is 3.73. The van der Waals surface area contributed by atoms with Gasteiger partial charge in [-0.05, 0) is 55.7 Å². The van der Waals surface area contributed by atoms with Gasteiger partial charge in [0.15, 0.2) is 0 Å². The van der Waals surface area contributed by atoms with E-state index in [1.807, 2.05) is 36.9 Å². The van der Waals surface area contributed by atoms with Crippen LogP contribution in [0.3, 0.4) is 0 Å². The zero-order valence-electron chi connectivity index (χ0n) is 16.8. The summed E-state index contributed by atoms with van der Waals surface area (Å²) in [4.78, 5) is 21.7. The highest BCUT2D eigenvalue weighted by Gasteiger charge is 2.34. The lowest BCUT2D eigenvalue weighted by Gasteiger charge is -2.21. The minimum absolute atomic E-state index is 0.389. The van der Waals surface area contributed by atoms with Crippen molar-refractivity contribution in [2.75, 3.05) is 6.26 Å². The first kappa shape index (κ1) is 21.0. The standard InChI is InChI=1S/C23H22N2O2S3/c1-15-18(21(28-2)30-19(15)20(26)27)17-14-29-22(25-17)23(12-7-13-24-23)11-6-10-16-8-4-3-5-9-16/h3-5,7-9,12-14H,6,10-11H2,1-2H3,(H,26,27). The fourth-order valence-corrected chi connectivity index (χ4v) is 6.63. The number of carbonyl (C=O) groups is 1. The number of rotatable bonds is 8. The monoisotopic (exact) mass is 454 g/mol. The Bertz CT molecular complexity index is 1100. The molecule has 0 radical (unpaired) electrons. The summed E-state index contributed by atoms with van der Waals surface area (Å²) >= 11 is 4.50. The zero-order valence-corrected chi connectivity index (χ0v) is 19.2. The lowest BCUT2D eigenvalue weighted by molar-refractivity contribution is 0.0701. The predicted molar refractivity (Wildman–Crippen MR) is 128 cm³/mol. The number of aryl methyl sites for hydroxylation is 1. The third-order valence-electron chi connectivity index (χ3n) is 5.25. The summed E-state index contributed by atoms with van der Waals surface area (Å²) in [7, 11) is 0. The molecule has 0 saturated heterocycles. The van der Waals surface area contributed by atoms with E-state index < -0.39 is 11.5 Å². The van der Waals surface area contributed by atoms with Crippen molar-refractivity contribution in [1.82, 2.24) is 4.98 Å². The van der Waals surface area contributed by atoms with Crippen LogP contribution in [0.25, 0.3) is 11.3 Å². The second-order valence-electron chi connectivity index (χ2n) is 7.17. The van der Waals surface area contributed by atoms with Gasteiger partial charge in [0.05, 0.1) is 9.90 Å². The molecule has 4 nitrogen and oxygen atoms in total. The third-order valence-corrected chi connectivity index (χ3v) is 8.66. The normalized spacial score (nSPS) is 17.7. The average Bonchev–Trinajstić information content (AvgIpc) is 3.47. The first-order valence-electron chi connectivity index (χ1n) is 9.68. The van der Waals surface area contributed by atoms with Crippen LogP contribution >= 0.6 is 34.4 Å². The number of aromatic nitrogens is 1. The number of thiophene rings is 1. The molecule has 1 aromatic carbocycles. The Hall–Kier alpha value is -2.22. The van der Waals surface area contributed by atoms with Crippen molar-refractivity contribution in [2.45, 2.75) is 35.9 Å². The molecule has 0 bridgehead atoms. The lowest BCUT2D eigenvalue weighted by Crippen LogP contribution is -2.19. The van der Waals surface area contributed by atoms with Gasteiger partial charge in [-0.3, -0.25) is 4.99 Å². The lowest BCUT2D eigenvalue weighted by atomic mass is 9.93. The van der Waals surface area contributed by atoms with Gasteiger partial charge >= 0.3 is 5.97 Å². The van der Waals surface area contributed by atoms with E-state index in [9.17, 15) is 9.90 Å². The molecule has 3 aromatic rings. The van der Waals surface area contributed by atoms with E-state index in [0.29, 0.717) is 4.88 Å². The smallest absolute Gasteiger partial charge is 0.346 e. The van der Waals surface area contributed by atoms with Gasteiger partial charge in [0, 0.05) is 17.2 Å². The van der Waals surface area contributed by atoms with Crippen molar-refractivity contribution in [3.63, 3.8) is 0 Å². The molecule has 0 saturated carbocycles. The number of hydrogen-bond donors (Lipinski definition) is 1. The van der Waals surface area contributed by atoms with E-state index >= 15 is 0 Å². The summed E-state index contributed by atoms with van der Waals surface area (Å²) in [6.07, 6.45) is 10.9. The van der Waals surface area contributed by atoms with E-state index in [4.69, 9.17) is 9.98 Å². The Balaban J connectivity index is 1.61. The molecule has 0 fully saturated rings. The number of hydrogen-bond acceptors (Lipinski definition) is 6. The molecule has 3 heterocycles. The van der Waals surface area contributed by atoms with Crippen LogP contribution in [0, 0.1) is 6.92 Å². The number of aliphatic imine (C=N–C) groups is 1. The Kier molecular flexibility index (Phi) is 6.22. The van der Waals surface area contributed by atoms with Crippen LogP contribution in [-0.2, 0) is 12.0 Å². The molecular weight excluding hydrogens is 432 g/mol. The molecule has 0 aliphatic carbocycles. The largest absolute Gasteiger partial charge is 0.477 e. The Morgan fingerprint density at radius 1 is 1.27 bits per heavy atom. The molecular formula is C23H22N2O2S3. The molecule has 0 amide bonds. The molecule has 1 aliphatic heterocycles. The number of allylic oxidation sites excluding steroid dienone is 1. The summed E-state index contributed by atoms with van der Waals surface area (Å²) in [5.41, 5.74) is 3.49. The van der Waals surface area contributed by atoms with Crippen molar-refractivity contribution in [3.05, 3.63) is 68.9 Å².